The van der Waals surface area contributed by atoms with Gasteiger partial charge in [0.05, 0.1) is 0 Å². The molecule has 1 aliphatic carbocycles. The molecule has 1 N–H and O–H groups in total. The highest BCUT2D eigenvalue weighted by Crippen LogP contribution is 2.24. The highest BCUT2D eigenvalue weighted by atomic mass is 32.2. The van der Waals surface area contributed by atoms with Crippen LogP contribution in [0.4, 0.5) is 0 Å². The molecule has 1 aromatic rings. The largest absolute Gasteiger partial charge is 0.313 e. The van der Waals surface area contributed by atoms with Gasteiger partial charge in [-0.1, -0.05) is 18.7 Å². The van der Waals surface area contributed by atoms with Crippen molar-refractivity contribution < 1.29 is 0 Å². The van der Waals surface area contributed by atoms with E-state index in [1.165, 1.54) is 24.4 Å². The van der Waals surface area contributed by atoms with Crippen LogP contribution in [0.5, 0.6) is 0 Å². The quantitative estimate of drug-likeness (QED) is 0.760. The van der Waals surface area contributed by atoms with Crippen molar-refractivity contribution in [3.05, 3.63) is 6.33 Å². The van der Waals surface area contributed by atoms with Crippen molar-refractivity contribution in [2.24, 2.45) is 0 Å². The summed E-state index contributed by atoms with van der Waals surface area (Å²) in [5, 5.41) is 4.10. The van der Waals surface area contributed by atoms with Gasteiger partial charge in [-0.25, -0.2) is 4.98 Å². The average Bonchev–Trinajstić information content (AvgIpc) is 2.82. The highest BCUT2D eigenvalue weighted by molar-refractivity contribution is 8.01. The van der Waals surface area contributed by atoms with E-state index >= 15 is 0 Å². The molecule has 5 heteroatoms. The van der Waals surface area contributed by atoms with E-state index < -0.39 is 0 Å². The van der Waals surface area contributed by atoms with Gasteiger partial charge in [0.25, 0.3) is 0 Å². The molecule has 1 unspecified atom stereocenters. The van der Waals surface area contributed by atoms with Gasteiger partial charge >= 0.3 is 0 Å². The van der Waals surface area contributed by atoms with Crippen LogP contribution in [0.2, 0.25) is 0 Å². The molecule has 1 atom stereocenters. The molecular formula is C8H13N3S2. The highest BCUT2D eigenvalue weighted by Gasteiger charge is 2.21. The second-order valence-electron chi connectivity index (χ2n) is 3.32. The van der Waals surface area contributed by atoms with Gasteiger partial charge in [-0.2, -0.15) is 4.37 Å². The summed E-state index contributed by atoms with van der Waals surface area (Å²) in [7, 11) is 0. The van der Waals surface area contributed by atoms with Crippen molar-refractivity contribution in [2.75, 3.05) is 6.54 Å². The van der Waals surface area contributed by atoms with Crippen molar-refractivity contribution >= 4 is 23.3 Å². The third kappa shape index (κ3) is 3.25. The number of rotatable bonds is 5. The Hall–Kier alpha value is -0.130. The number of hydrogen-bond acceptors (Lipinski definition) is 5. The maximum Gasteiger partial charge on any atom is 0.170 e. The van der Waals surface area contributed by atoms with Gasteiger partial charge in [-0.3, -0.25) is 0 Å². The summed E-state index contributed by atoms with van der Waals surface area (Å²) >= 11 is 3.28. The number of nitrogens with one attached hydrogen (secondary N) is 1. The Bertz CT molecular complexity index is 246. The molecule has 1 heterocycles. The third-order valence-electron chi connectivity index (χ3n) is 1.91. The van der Waals surface area contributed by atoms with E-state index in [0.29, 0.717) is 5.25 Å². The summed E-state index contributed by atoms with van der Waals surface area (Å²) in [5.74, 6) is 0. The number of nitrogens with zero attached hydrogens (tertiary/aromatic N) is 2. The molecule has 1 saturated carbocycles. The second kappa shape index (κ2) is 4.39. The number of thioether (sulfide) groups is 1. The summed E-state index contributed by atoms with van der Waals surface area (Å²) in [4.78, 5) is 4.14. The fourth-order valence-electron chi connectivity index (χ4n) is 1.05. The van der Waals surface area contributed by atoms with Crippen LogP contribution in [0.1, 0.15) is 19.8 Å². The van der Waals surface area contributed by atoms with Gasteiger partial charge in [-0.15, -0.1) is 0 Å². The monoisotopic (exact) mass is 215 g/mol. The van der Waals surface area contributed by atoms with Crippen LogP contribution in [0.3, 0.4) is 0 Å². The summed E-state index contributed by atoms with van der Waals surface area (Å²) < 4.78 is 5.05. The Balaban J connectivity index is 1.68. The first kappa shape index (κ1) is 9.43. The van der Waals surface area contributed by atoms with E-state index in [1.807, 2.05) is 0 Å². The van der Waals surface area contributed by atoms with Gasteiger partial charge in [-0.05, 0) is 24.4 Å². The lowest BCUT2D eigenvalue weighted by Crippen LogP contribution is -2.24. The molecule has 0 aliphatic heterocycles. The van der Waals surface area contributed by atoms with E-state index in [1.54, 1.807) is 18.1 Å². The standard InChI is InChI=1S/C8H13N3S2/c1-6(4-9-7-2-3-7)12-8-10-5-11-13-8/h5-7,9H,2-4H2,1H3. The molecule has 1 aliphatic rings. The van der Waals surface area contributed by atoms with Crippen LogP contribution >= 0.6 is 23.3 Å². The maximum absolute atomic E-state index is 4.14. The van der Waals surface area contributed by atoms with Crippen LogP contribution in [0.15, 0.2) is 10.7 Å². The summed E-state index contributed by atoms with van der Waals surface area (Å²) in [5.41, 5.74) is 0. The SMILES string of the molecule is CC(CNC1CC1)Sc1ncns1. The zero-order valence-electron chi connectivity index (χ0n) is 7.56. The molecule has 0 saturated heterocycles. The predicted molar refractivity (Wildman–Crippen MR) is 56.3 cm³/mol. The molecule has 0 amide bonds. The summed E-state index contributed by atoms with van der Waals surface area (Å²) in [6.45, 7) is 3.30. The Kier molecular flexibility index (Phi) is 3.18. The van der Waals surface area contributed by atoms with Gasteiger partial charge < -0.3 is 5.32 Å². The van der Waals surface area contributed by atoms with Crippen molar-refractivity contribution in [1.29, 1.82) is 0 Å². The van der Waals surface area contributed by atoms with Crippen LogP contribution < -0.4 is 5.32 Å². The van der Waals surface area contributed by atoms with Gasteiger partial charge in [0.1, 0.15) is 6.33 Å². The first-order valence-corrected chi connectivity index (χ1v) is 6.16. The topological polar surface area (TPSA) is 37.8 Å². The second-order valence-corrected chi connectivity index (χ2v) is 5.78. The minimum atomic E-state index is 0.591. The van der Waals surface area contributed by atoms with Crippen LogP contribution in [-0.4, -0.2) is 27.2 Å². The Labute approximate surface area is 86.5 Å². The van der Waals surface area contributed by atoms with Crippen molar-refractivity contribution in [2.45, 2.75) is 35.4 Å². The zero-order chi connectivity index (χ0) is 9.10. The Morgan fingerprint density at radius 1 is 1.77 bits per heavy atom. The third-order valence-corrected chi connectivity index (χ3v) is 3.76. The summed E-state index contributed by atoms with van der Waals surface area (Å²) in [6, 6.07) is 0.803. The van der Waals surface area contributed by atoms with E-state index in [9.17, 15) is 0 Å². The van der Waals surface area contributed by atoms with E-state index in [2.05, 4.69) is 21.6 Å². The molecule has 2 rings (SSSR count). The Morgan fingerprint density at radius 2 is 2.62 bits per heavy atom. The van der Waals surface area contributed by atoms with Gasteiger partial charge in [0, 0.05) is 17.8 Å². The molecule has 1 aromatic heterocycles. The fourth-order valence-corrected chi connectivity index (χ4v) is 2.75. The minimum absolute atomic E-state index is 0.591. The molecule has 13 heavy (non-hydrogen) atoms. The molecule has 1 fully saturated rings. The van der Waals surface area contributed by atoms with E-state index in [-0.39, 0.29) is 0 Å². The molecule has 0 spiro atoms. The molecular weight excluding hydrogens is 202 g/mol. The summed E-state index contributed by atoms with van der Waals surface area (Å²) in [6.07, 6.45) is 4.33. The first-order chi connectivity index (χ1) is 6.34. The zero-order valence-corrected chi connectivity index (χ0v) is 9.20. The van der Waals surface area contributed by atoms with Crippen molar-refractivity contribution in [3.8, 4) is 0 Å². The van der Waals surface area contributed by atoms with Crippen LogP contribution in [-0.2, 0) is 0 Å². The lowest BCUT2D eigenvalue weighted by molar-refractivity contribution is 0.679. The molecule has 0 radical (unpaired) electrons. The van der Waals surface area contributed by atoms with Crippen LogP contribution in [0, 0.1) is 0 Å². The van der Waals surface area contributed by atoms with E-state index in [0.717, 1.165) is 16.9 Å². The van der Waals surface area contributed by atoms with Crippen LogP contribution in [0.25, 0.3) is 0 Å². The fraction of sp³-hybridized carbons (Fsp3) is 0.750. The lowest BCUT2D eigenvalue weighted by atomic mass is 10.4. The Morgan fingerprint density at radius 3 is 3.23 bits per heavy atom. The van der Waals surface area contributed by atoms with Crippen molar-refractivity contribution in [3.63, 3.8) is 0 Å². The molecule has 0 aromatic carbocycles. The lowest BCUT2D eigenvalue weighted by Gasteiger charge is -2.08. The predicted octanol–water partition coefficient (Wildman–Crippen LogP) is 1.77. The van der Waals surface area contributed by atoms with Crippen molar-refractivity contribution in [1.82, 2.24) is 14.7 Å². The number of hydrogen-bond donors (Lipinski definition) is 1. The van der Waals surface area contributed by atoms with Gasteiger partial charge in [0.15, 0.2) is 4.34 Å². The average molecular weight is 215 g/mol. The molecule has 0 bridgehead atoms. The molecule has 3 nitrogen and oxygen atoms in total. The maximum atomic E-state index is 4.14. The number of aromatic nitrogens is 2. The first-order valence-electron chi connectivity index (χ1n) is 4.51. The normalized spacial score (nSPS) is 18.8. The molecule has 72 valence electrons. The van der Waals surface area contributed by atoms with Gasteiger partial charge in [0.2, 0.25) is 0 Å². The van der Waals surface area contributed by atoms with E-state index in [4.69, 9.17) is 0 Å². The minimum Gasteiger partial charge on any atom is -0.313 e. The smallest absolute Gasteiger partial charge is 0.170 e.